The zero-order valence-electron chi connectivity index (χ0n) is 15.6. The molecule has 140 valence electrons. The molecule has 5 nitrogen and oxygen atoms in total. The van der Waals surface area contributed by atoms with Crippen molar-refractivity contribution in [3.05, 3.63) is 69.4 Å². The number of nitrogens with one attached hydrogen (secondary N) is 1. The summed E-state index contributed by atoms with van der Waals surface area (Å²) < 4.78 is 5.82. The molecule has 0 aliphatic carbocycles. The van der Waals surface area contributed by atoms with Gasteiger partial charge in [-0.05, 0) is 51.0 Å². The quantitative estimate of drug-likeness (QED) is 0.700. The first-order chi connectivity index (χ1) is 13.1. The molecule has 1 aliphatic heterocycles. The second-order valence-electron chi connectivity index (χ2n) is 6.91. The van der Waals surface area contributed by atoms with E-state index in [9.17, 15) is 4.79 Å². The molecule has 1 aliphatic rings. The molecule has 0 bridgehead atoms. The normalized spacial score (nSPS) is 16.7. The maximum Gasteiger partial charge on any atom is 0.266 e. The van der Waals surface area contributed by atoms with E-state index < -0.39 is 0 Å². The number of aryl methyl sites for hydroxylation is 2. The molecule has 1 fully saturated rings. The smallest absolute Gasteiger partial charge is 0.266 e. The lowest BCUT2D eigenvalue weighted by Crippen LogP contribution is -2.30. The van der Waals surface area contributed by atoms with E-state index in [2.05, 4.69) is 16.0 Å². The monoisotopic (exact) mass is 381 g/mol. The summed E-state index contributed by atoms with van der Waals surface area (Å²) >= 11 is 1.44. The predicted octanol–water partition coefficient (Wildman–Crippen LogP) is 4.64. The summed E-state index contributed by atoms with van der Waals surface area (Å²) in [5, 5.41) is 0.826. The standard InChI is InChI=1S/C21H23N3O2S/c1-14-7-9-16(10-8-14)26-13-19-23-15(2)20(27-19)21(25)24-12-4-6-18(24)17-5-3-11-22-17/h3,5,7-11,18,22H,4,6,12-13H2,1-2H3/t18-/m0/s1. The Labute approximate surface area is 163 Å². The van der Waals surface area contributed by atoms with E-state index >= 15 is 0 Å². The number of benzene rings is 1. The van der Waals surface area contributed by atoms with Gasteiger partial charge in [-0.25, -0.2) is 4.98 Å². The molecule has 0 radical (unpaired) electrons. The van der Waals surface area contributed by atoms with Gasteiger partial charge in [0.1, 0.15) is 22.2 Å². The van der Waals surface area contributed by atoms with E-state index in [0.29, 0.717) is 6.61 Å². The van der Waals surface area contributed by atoms with Crippen molar-refractivity contribution in [1.29, 1.82) is 0 Å². The molecule has 1 saturated heterocycles. The van der Waals surface area contributed by atoms with Crippen molar-refractivity contribution in [2.75, 3.05) is 6.54 Å². The minimum Gasteiger partial charge on any atom is -0.486 e. The molecule has 4 rings (SSSR count). The lowest BCUT2D eigenvalue weighted by molar-refractivity contribution is 0.0737. The van der Waals surface area contributed by atoms with Gasteiger partial charge in [-0.2, -0.15) is 0 Å². The predicted molar refractivity (Wildman–Crippen MR) is 106 cm³/mol. The summed E-state index contributed by atoms with van der Waals surface area (Å²) in [6, 6.07) is 12.1. The van der Waals surface area contributed by atoms with Gasteiger partial charge in [0.15, 0.2) is 0 Å². The molecule has 1 N–H and O–H groups in total. The summed E-state index contributed by atoms with van der Waals surface area (Å²) in [5.41, 5.74) is 3.08. The summed E-state index contributed by atoms with van der Waals surface area (Å²) in [7, 11) is 0. The highest BCUT2D eigenvalue weighted by atomic mass is 32.1. The van der Waals surface area contributed by atoms with E-state index in [-0.39, 0.29) is 11.9 Å². The number of H-pyrrole nitrogens is 1. The molecule has 0 unspecified atom stereocenters. The average molecular weight is 382 g/mol. The highest BCUT2D eigenvalue weighted by molar-refractivity contribution is 7.13. The van der Waals surface area contributed by atoms with Crippen molar-refractivity contribution in [3.8, 4) is 5.75 Å². The van der Waals surface area contributed by atoms with Crippen molar-refractivity contribution in [3.63, 3.8) is 0 Å². The van der Waals surface area contributed by atoms with Crippen molar-refractivity contribution in [2.45, 2.75) is 39.3 Å². The Morgan fingerprint density at radius 1 is 1.30 bits per heavy atom. The van der Waals surface area contributed by atoms with Crippen LogP contribution in [0.4, 0.5) is 0 Å². The number of thiazole rings is 1. The SMILES string of the molecule is Cc1ccc(OCc2nc(C)c(C(=O)N3CCC[C@H]3c3ccc[nH]3)s2)cc1. The fourth-order valence-electron chi connectivity index (χ4n) is 3.51. The van der Waals surface area contributed by atoms with E-state index in [0.717, 1.165) is 46.4 Å². The van der Waals surface area contributed by atoms with Gasteiger partial charge in [-0.15, -0.1) is 11.3 Å². The average Bonchev–Trinajstić information content (AvgIpc) is 3.41. The summed E-state index contributed by atoms with van der Waals surface area (Å²) in [5.74, 6) is 0.886. The van der Waals surface area contributed by atoms with Gasteiger partial charge in [-0.1, -0.05) is 17.7 Å². The van der Waals surface area contributed by atoms with Crippen LogP contribution in [0, 0.1) is 13.8 Å². The lowest BCUT2D eigenvalue weighted by Gasteiger charge is -2.23. The van der Waals surface area contributed by atoms with Gasteiger partial charge in [0.25, 0.3) is 5.91 Å². The molecule has 3 heterocycles. The Kier molecular flexibility index (Phi) is 4.99. The topological polar surface area (TPSA) is 58.2 Å². The van der Waals surface area contributed by atoms with Crippen LogP contribution in [0.3, 0.4) is 0 Å². The molecule has 1 atom stereocenters. The Bertz CT molecular complexity index is 916. The number of carbonyl (C=O) groups excluding carboxylic acids is 1. The second kappa shape index (κ2) is 7.56. The molecule has 0 spiro atoms. The third-order valence-electron chi connectivity index (χ3n) is 4.91. The third kappa shape index (κ3) is 3.76. The number of rotatable bonds is 5. The molecule has 1 aromatic carbocycles. The Balaban J connectivity index is 1.47. The second-order valence-corrected chi connectivity index (χ2v) is 7.99. The zero-order chi connectivity index (χ0) is 18.8. The van der Waals surface area contributed by atoms with Crippen LogP contribution in [0.5, 0.6) is 5.75 Å². The van der Waals surface area contributed by atoms with Gasteiger partial charge in [0.05, 0.1) is 11.7 Å². The number of hydrogen-bond donors (Lipinski definition) is 1. The summed E-state index contributed by atoms with van der Waals surface area (Å²) in [4.78, 5) is 23.6. The number of nitrogens with zero attached hydrogens (tertiary/aromatic N) is 2. The van der Waals surface area contributed by atoms with Crippen molar-refractivity contribution < 1.29 is 9.53 Å². The van der Waals surface area contributed by atoms with Crippen LogP contribution in [0.15, 0.2) is 42.6 Å². The fraction of sp³-hybridized carbons (Fsp3) is 0.333. The lowest BCUT2D eigenvalue weighted by atomic mass is 10.1. The van der Waals surface area contributed by atoms with Crippen LogP contribution in [0.25, 0.3) is 0 Å². The van der Waals surface area contributed by atoms with Gasteiger partial charge in [0.2, 0.25) is 0 Å². The van der Waals surface area contributed by atoms with Crippen LogP contribution in [0.2, 0.25) is 0 Å². The first-order valence-electron chi connectivity index (χ1n) is 9.22. The number of hydrogen-bond acceptors (Lipinski definition) is 4. The third-order valence-corrected chi connectivity index (χ3v) is 6.03. The molecule has 1 amide bonds. The van der Waals surface area contributed by atoms with Gasteiger partial charge in [0, 0.05) is 18.4 Å². The molecule has 27 heavy (non-hydrogen) atoms. The number of ether oxygens (including phenoxy) is 1. The molecule has 0 saturated carbocycles. The number of carbonyl (C=O) groups is 1. The summed E-state index contributed by atoms with van der Waals surface area (Å²) in [6.07, 6.45) is 3.93. The van der Waals surface area contributed by atoms with Crippen LogP contribution < -0.4 is 4.74 Å². The maximum atomic E-state index is 13.1. The van der Waals surface area contributed by atoms with E-state index in [4.69, 9.17) is 4.74 Å². The first-order valence-corrected chi connectivity index (χ1v) is 10.0. The van der Waals surface area contributed by atoms with Crippen molar-refractivity contribution >= 4 is 17.2 Å². The van der Waals surface area contributed by atoms with Crippen LogP contribution in [-0.4, -0.2) is 27.3 Å². The Morgan fingerprint density at radius 2 is 2.11 bits per heavy atom. The Hall–Kier alpha value is -2.60. The van der Waals surface area contributed by atoms with E-state index in [1.807, 2.05) is 55.3 Å². The molecule has 2 aromatic heterocycles. The largest absolute Gasteiger partial charge is 0.486 e. The van der Waals surface area contributed by atoms with Crippen molar-refractivity contribution in [2.24, 2.45) is 0 Å². The van der Waals surface area contributed by atoms with Gasteiger partial charge < -0.3 is 14.6 Å². The van der Waals surface area contributed by atoms with Crippen LogP contribution >= 0.6 is 11.3 Å². The molecular formula is C21H23N3O2S. The number of aromatic amines is 1. The highest BCUT2D eigenvalue weighted by Gasteiger charge is 2.33. The number of aromatic nitrogens is 2. The molecule has 3 aromatic rings. The van der Waals surface area contributed by atoms with E-state index in [1.165, 1.54) is 16.9 Å². The zero-order valence-corrected chi connectivity index (χ0v) is 16.4. The fourth-order valence-corrected chi connectivity index (χ4v) is 4.44. The maximum absolute atomic E-state index is 13.1. The van der Waals surface area contributed by atoms with Crippen LogP contribution in [0.1, 0.15) is 50.5 Å². The highest BCUT2D eigenvalue weighted by Crippen LogP contribution is 2.34. The van der Waals surface area contributed by atoms with E-state index in [1.54, 1.807) is 0 Å². The number of likely N-dealkylation sites (tertiary alicyclic amines) is 1. The minimum absolute atomic E-state index is 0.0729. The molecular weight excluding hydrogens is 358 g/mol. The van der Waals surface area contributed by atoms with Crippen LogP contribution in [-0.2, 0) is 6.61 Å². The van der Waals surface area contributed by atoms with Crippen molar-refractivity contribution in [1.82, 2.24) is 14.9 Å². The Morgan fingerprint density at radius 3 is 2.85 bits per heavy atom. The summed E-state index contributed by atoms with van der Waals surface area (Å²) in [6.45, 7) is 5.11. The van der Waals surface area contributed by atoms with Gasteiger partial charge in [-0.3, -0.25) is 4.79 Å². The van der Waals surface area contributed by atoms with Gasteiger partial charge >= 0.3 is 0 Å². The minimum atomic E-state index is 0.0729. The first kappa shape index (κ1) is 17.8. The molecule has 6 heteroatoms. The number of amides is 1.